The zero-order valence-corrected chi connectivity index (χ0v) is 38.3. The van der Waals surface area contributed by atoms with Gasteiger partial charge >= 0.3 is 7.82 Å². The molecule has 3 saturated heterocycles. The predicted octanol–water partition coefficient (Wildman–Crippen LogP) is 7.35. The van der Waals surface area contributed by atoms with Crippen LogP contribution in [-0.2, 0) is 32.5 Å². The number of nitriles is 1. The van der Waals surface area contributed by atoms with E-state index in [2.05, 4.69) is 11.4 Å². The molecule has 340 valence electrons. The van der Waals surface area contributed by atoms with E-state index >= 15 is 4.57 Å². The molecule has 7 unspecified atom stereocenters. The molecule has 6 heterocycles. The van der Waals surface area contributed by atoms with Gasteiger partial charge in [-0.25, -0.2) is 4.57 Å². The maximum Gasteiger partial charge on any atom is 0.476 e. The molecule has 64 heavy (non-hydrogen) atoms. The van der Waals surface area contributed by atoms with Crippen LogP contribution in [0, 0.1) is 11.3 Å². The van der Waals surface area contributed by atoms with Crippen molar-refractivity contribution >= 4 is 36.9 Å². The molecule has 0 aliphatic carbocycles. The number of benzene rings is 3. The molecule has 7 atom stereocenters. The number of fused-ring (bicyclic) bond motifs is 3. The summed E-state index contributed by atoms with van der Waals surface area (Å²) >= 11 is 0. The molecule has 0 spiro atoms. The SMILES string of the molecule is CNc1ccc2c(c1)C(N1CCCC1=O)C(OP(=O)(OC1C(N3CCCC3=O)c3cc(N)ccc3OC1(C)C)OC1C(N3CCCC3=O)c3cc(C#N)ccc3OC1(C)C)C(C)(C)O2. The highest BCUT2D eigenvalue weighted by molar-refractivity contribution is 7.48. The van der Waals surface area contributed by atoms with Gasteiger partial charge in [0.25, 0.3) is 0 Å². The van der Waals surface area contributed by atoms with Crippen molar-refractivity contribution in [3.63, 3.8) is 0 Å². The monoisotopic (exact) mass is 896 g/mol. The molecule has 0 saturated carbocycles. The van der Waals surface area contributed by atoms with Crippen LogP contribution in [0.4, 0.5) is 11.4 Å². The number of rotatable bonds is 10. The Labute approximate surface area is 373 Å². The number of nitrogens with one attached hydrogen (secondary N) is 1. The van der Waals surface area contributed by atoms with Gasteiger partial charge in [-0.3, -0.25) is 28.0 Å². The maximum absolute atomic E-state index is 16.8. The lowest BCUT2D eigenvalue weighted by atomic mass is 9.85. The first-order valence-corrected chi connectivity index (χ1v) is 23.6. The second-order valence-corrected chi connectivity index (χ2v) is 20.7. The zero-order valence-electron chi connectivity index (χ0n) is 37.4. The smallest absolute Gasteiger partial charge is 0.476 e. The van der Waals surface area contributed by atoms with Crippen LogP contribution in [0.15, 0.2) is 54.6 Å². The number of amides is 3. The van der Waals surface area contributed by atoms with Crippen molar-refractivity contribution in [3.8, 4) is 23.3 Å². The summed E-state index contributed by atoms with van der Waals surface area (Å²) < 4.78 is 58.0. The number of hydrogen-bond acceptors (Lipinski definition) is 13. The Morgan fingerprint density at radius 3 is 1.42 bits per heavy atom. The van der Waals surface area contributed by atoms with Gasteiger partial charge in [-0.05, 0) is 115 Å². The topological polar surface area (TPSA) is 195 Å². The van der Waals surface area contributed by atoms with Gasteiger partial charge in [0, 0.05) is 74.0 Å². The number of nitrogens with two attached hydrogens (primary N) is 1. The molecule has 3 amide bonds. The number of likely N-dealkylation sites (tertiary alicyclic amines) is 3. The summed E-state index contributed by atoms with van der Waals surface area (Å²) in [6.45, 7) is 11.9. The molecule has 6 aliphatic rings. The third-order valence-corrected chi connectivity index (χ3v) is 15.0. The van der Waals surface area contributed by atoms with E-state index in [1.54, 1.807) is 85.8 Å². The van der Waals surface area contributed by atoms with Crippen molar-refractivity contribution in [3.05, 3.63) is 76.9 Å². The molecule has 0 bridgehead atoms. The number of carbonyl (C=O) groups is 3. The lowest BCUT2D eigenvalue weighted by Crippen LogP contribution is -2.58. The van der Waals surface area contributed by atoms with Crippen LogP contribution in [-0.4, -0.2) is 94.2 Å². The molecule has 9 rings (SSSR count). The number of anilines is 2. The fourth-order valence-electron chi connectivity index (χ4n) is 10.4. The molecule has 0 aromatic heterocycles. The standard InChI is InChI=1S/C47H57N6O10P/c1-45(2)42(39(51-20-8-11-36(51)54)30-23-27(26-48)14-17-33(30)58-45)61-64(57,62-43-40(52-21-9-12-37(52)55)31-24-28(49)15-18-34(31)59-46(43,3)4)63-44-41(53-22-10-13-38(53)56)32-25-29(50-7)16-19-35(32)60-47(44,5)6/h14-19,23-25,39-44,50H,8-13,20-22,49H2,1-7H3. The van der Waals surface area contributed by atoms with Gasteiger partial charge in [-0.1, -0.05) is 0 Å². The summed E-state index contributed by atoms with van der Waals surface area (Å²) in [7, 11) is -3.31. The van der Waals surface area contributed by atoms with E-state index in [0.29, 0.717) is 96.9 Å². The maximum atomic E-state index is 16.8. The number of phosphoric ester groups is 1. The van der Waals surface area contributed by atoms with Gasteiger partial charge in [0.1, 0.15) is 52.4 Å². The van der Waals surface area contributed by atoms with E-state index in [1.807, 2.05) is 32.0 Å². The summed E-state index contributed by atoms with van der Waals surface area (Å²) in [6, 6.07) is 15.5. The number of carbonyl (C=O) groups excluding carboxylic acids is 3. The number of nitrogen functional groups attached to an aromatic ring is 1. The van der Waals surface area contributed by atoms with E-state index in [-0.39, 0.29) is 24.1 Å². The van der Waals surface area contributed by atoms with E-state index in [1.165, 1.54) is 0 Å². The van der Waals surface area contributed by atoms with Crippen LogP contribution in [0.25, 0.3) is 0 Å². The van der Waals surface area contributed by atoms with E-state index in [9.17, 15) is 19.6 Å². The normalized spacial score (nSPS) is 28.5. The lowest BCUT2D eigenvalue weighted by Gasteiger charge is -2.51. The number of phosphoric acid groups is 1. The molecule has 3 aromatic carbocycles. The van der Waals surface area contributed by atoms with Crippen LogP contribution < -0.4 is 25.3 Å². The number of nitrogens with zero attached hydrogens (tertiary/aromatic N) is 4. The van der Waals surface area contributed by atoms with Crippen molar-refractivity contribution in [2.45, 2.75) is 133 Å². The first kappa shape index (κ1) is 43.9. The Morgan fingerprint density at radius 1 is 0.641 bits per heavy atom. The highest BCUT2D eigenvalue weighted by Crippen LogP contribution is 2.64. The summed E-state index contributed by atoms with van der Waals surface area (Å²) in [5.41, 5.74) is 5.83. The van der Waals surface area contributed by atoms with Crippen molar-refractivity contribution in [2.75, 3.05) is 37.7 Å². The van der Waals surface area contributed by atoms with Gasteiger partial charge in [-0.2, -0.15) is 5.26 Å². The molecule has 6 aliphatic heterocycles. The van der Waals surface area contributed by atoms with Crippen LogP contribution in [0.3, 0.4) is 0 Å². The van der Waals surface area contributed by atoms with E-state index < -0.39 is 61.1 Å². The van der Waals surface area contributed by atoms with Gasteiger partial charge in [0.2, 0.25) is 17.7 Å². The minimum atomic E-state index is -5.11. The molecule has 3 aromatic rings. The molecular weight excluding hydrogens is 840 g/mol. The number of ether oxygens (including phenoxy) is 3. The summed E-state index contributed by atoms with van der Waals surface area (Å²) in [6.07, 6.45) is -0.902. The summed E-state index contributed by atoms with van der Waals surface area (Å²) in [4.78, 5) is 46.6. The largest absolute Gasteiger partial charge is 0.485 e. The van der Waals surface area contributed by atoms with E-state index in [4.69, 9.17) is 33.5 Å². The van der Waals surface area contributed by atoms with E-state index in [0.717, 1.165) is 5.69 Å². The first-order chi connectivity index (χ1) is 30.3. The summed E-state index contributed by atoms with van der Waals surface area (Å²) in [5.74, 6) is 1.11. The third kappa shape index (κ3) is 7.63. The van der Waals surface area contributed by atoms with Crippen LogP contribution >= 0.6 is 7.82 Å². The van der Waals surface area contributed by atoms with Crippen molar-refractivity contribution in [2.24, 2.45) is 0 Å². The molecule has 0 radical (unpaired) electrons. The highest BCUT2D eigenvalue weighted by Gasteiger charge is 2.60. The van der Waals surface area contributed by atoms with Crippen molar-refractivity contribution in [1.29, 1.82) is 5.26 Å². The molecule has 3 N–H and O–H groups in total. The Balaban J connectivity index is 1.23. The molecule has 17 heteroatoms. The minimum Gasteiger partial charge on any atom is -0.485 e. The Hall–Kier alpha value is -5.33. The van der Waals surface area contributed by atoms with Gasteiger partial charge in [0.15, 0.2) is 0 Å². The highest BCUT2D eigenvalue weighted by atomic mass is 31.2. The molecular formula is C47H57N6O10P. The average Bonchev–Trinajstić information content (AvgIpc) is 3.99. The second-order valence-electron chi connectivity index (χ2n) is 19.2. The van der Waals surface area contributed by atoms with Crippen molar-refractivity contribution in [1.82, 2.24) is 14.7 Å². The van der Waals surface area contributed by atoms with Gasteiger partial charge in [-0.15, -0.1) is 0 Å². The first-order valence-electron chi connectivity index (χ1n) is 22.2. The quantitative estimate of drug-likeness (QED) is 0.152. The zero-order chi connectivity index (χ0) is 45.5. The third-order valence-electron chi connectivity index (χ3n) is 13.5. The van der Waals surface area contributed by atoms with Crippen molar-refractivity contribution < 1.29 is 46.7 Å². The van der Waals surface area contributed by atoms with Gasteiger partial charge < -0.3 is 40.0 Å². The predicted molar refractivity (Wildman–Crippen MR) is 235 cm³/mol. The van der Waals surface area contributed by atoms with Crippen LogP contribution in [0.1, 0.15) is 120 Å². The molecule has 3 fully saturated rings. The van der Waals surface area contributed by atoms with Gasteiger partial charge in [0.05, 0.1) is 29.8 Å². The number of hydrogen-bond donors (Lipinski definition) is 2. The Morgan fingerprint density at radius 2 is 1.03 bits per heavy atom. The molecule has 16 nitrogen and oxygen atoms in total. The fraction of sp³-hybridized carbons (Fsp3) is 0.532. The lowest BCUT2D eigenvalue weighted by molar-refractivity contribution is -0.155. The second kappa shape index (κ2) is 16.0. The van der Waals surface area contributed by atoms with Crippen LogP contribution in [0.2, 0.25) is 0 Å². The average molecular weight is 897 g/mol. The fourth-order valence-corrected chi connectivity index (χ4v) is 12.5. The Kier molecular flexibility index (Phi) is 11.0. The van der Waals surface area contributed by atoms with Crippen LogP contribution in [0.5, 0.6) is 17.2 Å². The summed E-state index contributed by atoms with van der Waals surface area (Å²) in [5, 5.41) is 13.2. The Bertz CT molecular complexity index is 2490. The minimum absolute atomic E-state index is 0.100.